The first-order valence-corrected chi connectivity index (χ1v) is 5.70. The van der Waals surface area contributed by atoms with E-state index in [1.165, 1.54) is 12.1 Å². The number of carboxylic acid groups (broad SMARTS) is 1. The second kappa shape index (κ2) is 7.68. The van der Waals surface area contributed by atoms with Crippen LogP contribution in [0.25, 0.3) is 0 Å². The first-order valence-electron chi connectivity index (χ1n) is 5.70. The van der Waals surface area contributed by atoms with Crippen molar-refractivity contribution in [3.8, 4) is 5.75 Å². The number of hydrogen-bond donors (Lipinski definition) is 1. The molecule has 1 aromatic rings. The fourth-order valence-corrected chi connectivity index (χ4v) is 1.41. The third-order valence-electron chi connectivity index (χ3n) is 2.24. The molecule has 0 saturated heterocycles. The normalized spacial score (nSPS) is 12.1. The van der Waals surface area contributed by atoms with E-state index in [0.717, 1.165) is 0 Å². The number of benzene rings is 1. The summed E-state index contributed by atoms with van der Waals surface area (Å²) in [5.74, 6) is -0.441. The van der Waals surface area contributed by atoms with Crippen molar-refractivity contribution in [2.75, 3.05) is 26.9 Å². The third kappa shape index (κ3) is 5.16. The van der Waals surface area contributed by atoms with E-state index in [9.17, 15) is 4.79 Å². The molecule has 0 aliphatic heterocycles. The van der Waals surface area contributed by atoms with Crippen LogP contribution in [0, 0.1) is 0 Å². The Hall–Kier alpha value is -1.59. The fourth-order valence-electron chi connectivity index (χ4n) is 1.41. The number of rotatable bonds is 8. The van der Waals surface area contributed by atoms with Crippen molar-refractivity contribution in [2.45, 2.75) is 13.0 Å². The van der Waals surface area contributed by atoms with Crippen molar-refractivity contribution < 1.29 is 24.1 Å². The van der Waals surface area contributed by atoms with E-state index >= 15 is 0 Å². The van der Waals surface area contributed by atoms with Crippen LogP contribution in [0.5, 0.6) is 5.75 Å². The summed E-state index contributed by atoms with van der Waals surface area (Å²) in [6.07, 6.45) is 0.0175. The molecule has 1 aromatic carbocycles. The topological polar surface area (TPSA) is 65.0 Å². The summed E-state index contributed by atoms with van der Waals surface area (Å²) >= 11 is 0. The molecule has 0 bridgehead atoms. The second-order valence-electron chi connectivity index (χ2n) is 3.82. The maximum absolute atomic E-state index is 10.8. The molecule has 5 heteroatoms. The highest BCUT2D eigenvalue weighted by atomic mass is 16.5. The highest BCUT2D eigenvalue weighted by molar-refractivity contribution is 5.87. The van der Waals surface area contributed by atoms with E-state index in [-0.39, 0.29) is 11.7 Å². The number of carboxylic acids is 1. The Labute approximate surface area is 106 Å². The Kier molecular flexibility index (Phi) is 6.18. The van der Waals surface area contributed by atoms with Crippen molar-refractivity contribution in [3.63, 3.8) is 0 Å². The van der Waals surface area contributed by atoms with Crippen molar-refractivity contribution in [1.29, 1.82) is 0 Å². The summed E-state index contributed by atoms with van der Waals surface area (Å²) in [6.45, 7) is 3.25. The molecule has 0 aliphatic carbocycles. The van der Waals surface area contributed by atoms with Crippen molar-refractivity contribution >= 4 is 5.97 Å². The van der Waals surface area contributed by atoms with Crippen LogP contribution in [-0.2, 0) is 9.47 Å². The van der Waals surface area contributed by atoms with Crippen LogP contribution in [0.4, 0.5) is 0 Å². The number of hydrogen-bond acceptors (Lipinski definition) is 4. The number of methoxy groups -OCH3 is 1. The molecule has 0 saturated carbocycles. The van der Waals surface area contributed by atoms with Crippen molar-refractivity contribution in [2.24, 2.45) is 0 Å². The summed E-state index contributed by atoms with van der Waals surface area (Å²) in [7, 11) is 1.62. The molecular weight excluding hydrogens is 236 g/mol. The lowest BCUT2D eigenvalue weighted by atomic mass is 10.2. The SMILES string of the molecule is COCC(C)OCCOc1cccc(C(=O)O)c1. The molecule has 1 N–H and O–H groups in total. The third-order valence-corrected chi connectivity index (χ3v) is 2.24. The maximum Gasteiger partial charge on any atom is 0.335 e. The molecule has 18 heavy (non-hydrogen) atoms. The van der Waals surface area contributed by atoms with E-state index in [2.05, 4.69) is 0 Å². The molecular formula is C13H18O5. The van der Waals surface area contributed by atoms with E-state index in [0.29, 0.717) is 25.6 Å². The summed E-state index contributed by atoms with van der Waals surface area (Å²) in [4.78, 5) is 10.8. The molecule has 5 nitrogen and oxygen atoms in total. The fraction of sp³-hybridized carbons (Fsp3) is 0.462. The standard InChI is InChI=1S/C13H18O5/c1-10(9-16-2)17-6-7-18-12-5-3-4-11(8-12)13(14)15/h3-5,8,10H,6-7,9H2,1-2H3,(H,14,15). The van der Waals surface area contributed by atoms with Gasteiger partial charge in [0, 0.05) is 7.11 Å². The van der Waals surface area contributed by atoms with Gasteiger partial charge in [-0.2, -0.15) is 0 Å². The van der Waals surface area contributed by atoms with Gasteiger partial charge in [-0.3, -0.25) is 0 Å². The van der Waals surface area contributed by atoms with Gasteiger partial charge in [-0.15, -0.1) is 0 Å². The van der Waals surface area contributed by atoms with Gasteiger partial charge in [0.25, 0.3) is 0 Å². The number of carbonyl (C=O) groups is 1. The maximum atomic E-state index is 10.8. The van der Waals surface area contributed by atoms with Crippen LogP contribution in [0.3, 0.4) is 0 Å². The predicted octanol–water partition coefficient (Wildman–Crippen LogP) is 1.82. The van der Waals surface area contributed by atoms with Gasteiger partial charge in [0.2, 0.25) is 0 Å². The highest BCUT2D eigenvalue weighted by Gasteiger charge is 2.04. The monoisotopic (exact) mass is 254 g/mol. The van der Waals surface area contributed by atoms with Gasteiger partial charge >= 0.3 is 5.97 Å². The van der Waals surface area contributed by atoms with Gasteiger partial charge in [-0.05, 0) is 25.1 Å². The quantitative estimate of drug-likeness (QED) is 0.717. The molecule has 0 fully saturated rings. The molecule has 0 amide bonds. The van der Waals surface area contributed by atoms with Gasteiger partial charge in [0.05, 0.1) is 24.9 Å². The predicted molar refractivity (Wildman–Crippen MR) is 66.2 cm³/mol. The first-order chi connectivity index (χ1) is 8.63. The van der Waals surface area contributed by atoms with Gasteiger partial charge in [-0.25, -0.2) is 4.79 Å². The van der Waals surface area contributed by atoms with E-state index in [1.54, 1.807) is 19.2 Å². The van der Waals surface area contributed by atoms with E-state index in [1.807, 2.05) is 6.92 Å². The molecule has 0 radical (unpaired) electrons. The minimum Gasteiger partial charge on any atom is -0.491 e. The number of aromatic carboxylic acids is 1. The average molecular weight is 254 g/mol. The van der Waals surface area contributed by atoms with Crippen LogP contribution in [0.15, 0.2) is 24.3 Å². The lowest BCUT2D eigenvalue weighted by Crippen LogP contribution is -2.18. The molecule has 0 aliphatic rings. The molecule has 100 valence electrons. The Morgan fingerprint density at radius 1 is 1.39 bits per heavy atom. The Morgan fingerprint density at radius 3 is 2.83 bits per heavy atom. The highest BCUT2D eigenvalue weighted by Crippen LogP contribution is 2.13. The molecule has 1 unspecified atom stereocenters. The largest absolute Gasteiger partial charge is 0.491 e. The Morgan fingerprint density at radius 2 is 2.17 bits per heavy atom. The van der Waals surface area contributed by atoms with Crippen LogP contribution >= 0.6 is 0 Å². The zero-order valence-electron chi connectivity index (χ0n) is 10.6. The first kappa shape index (κ1) is 14.5. The van der Waals surface area contributed by atoms with Crippen LogP contribution in [-0.4, -0.2) is 44.1 Å². The Balaban J connectivity index is 2.31. The lowest BCUT2D eigenvalue weighted by molar-refractivity contribution is -0.00215. The molecule has 1 atom stereocenters. The smallest absolute Gasteiger partial charge is 0.335 e. The van der Waals surface area contributed by atoms with Gasteiger partial charge < -0.3 is 19.3 Å². The van der Waals surface area contributed by atoms with Crippen LogP contribution in [0.1, 0.15) is 17.3 Å². The number of ether oxygens (including phenoxy) is 3. The van der Waals surface area contributed by atoms with Crippen LogP contribution in [0.2, 0.25) is 0 Å². The zero-order chi connectivity index (χ0) is 13.4. The minimum atomic E-state index is -0.967. The summed E-state index contributed by atoms with van der Waals surface area (Å²) in [5, 5.41) is 8.82. The van der Waals surface area contributed by atoms with E-state index < -0.39 is 5.97 Å². The zero-order valence-corrected chi connectivity index (χ0v) is 10.6. The van der Waals surface area contributed by atoms with Crippen LogP contribution < -0.4 is 4.74 Å². The van der Waals surface area contributed by atoms with Crippen molar-refractivity contribution in [1.82, 2.24) is 0 Å². The lowest BCUT2D eigenvalue weighted by Gasteiger charge is -2.12. The van der Waals surface area contributed by atoms with Gasteiger partial charge in [0.1, 0.15) is 12.4 Å². The molecule has 0 heterocycles. The molecule has 1 rings (SSSR count). The summed E-state index contributed by atoms with van der Waals surface area (Å²) in [5.41, 5.74) is 0.209. The van der Waals surface area contributed by atoms with E-state index in [4.69, 9.17) is 19.3 Å². The van der Waals surface area contributed by atoms with Gasteiger partial charge in [-0.1, -0.05) is 6.07 Å². The van der Waals surface area contributed by atoms with Gasteiger partial charge in [0.15, 0.2) is 0 Å². The second-order valence-corrected chi connectivity index (χ2v) is 3.82. The average Bonchev–Trinajstić information content (AvgIpc) is 2.35. The van der Waals surface area contributed by atoms with Crippen molar-refractivity contribution in [3.05, 3.63) is 29.8 Å². The molecule has 0 aromatic heterocycles. The summed E-state index contributed by atoms with van der Waals surface area (Å²) in [6, 6.07) is 6.37. The minimum absolute atomic E-state index is 0.0175. The molecule has 0 spiro atoms. The summed E-state index contributed by atoms with van der Waals surface area (Å²) < 4.78 is 15.7. The Bertz CT molecular complexity index is 377.